The molecule has 0 atom stereocenters. The molecule has 1 aromatic heterocycles. The van der Waals surface area contributed by atoms with Crippen LogP contribution < -0.4 is 4.74 Å². The van der Waals surface area contributed by atoms with Gasteiger partial charge < -0.3 is 19.6 Å². The average Bonchev–Trinajstić information content (AvgIpc) is 3.12. The first-order valence-corrected chi connectivity index (χ1v) is 12.9. The van der Waals surface area contributed by atoms with Crippen molar-refractivity contribution >= 4 is 29.9 Å². The molecule has 208 valence electrons. The molecule has 38 heavy (non-hydrogen) atoms. The minimum atomic E-state index is -0.410. The quantitative estimate of drug-likeness (QED) is 0.422. The van der Waals surface area contributed by atoms with Crippen LogP contribution in [0.25, 0.3) is 0 Å². The van der Waals surface area contributed by atoms with E-state index in [1.807, 2.05) is 34.6 Å². The molecule has 0 spiro atoms. The van der Waals surface area contributed by atoms with Crippen molar-refractivity contribution < 1.29 is 19.4 Å². The number of aromatic nitrogens is 1. The number of carbonyl (C=O) groups is 2. The summed E-state index contributed by atoms with van der Waals surface area (Å²) in [5, 5.41) is 19.7. The molecule has 3 rings (SSSR count). The van der Waals surface area contributed by atoms with Crippen LogP contribution in [0.4, 0.5) is 0 Å². The highest BCUT2D eigenvalue weighted by atomic mass is 35.5. The van der Waals surface area contributed by atoms with E-state index in [1.54, 1.807) is 24.1 Å². The maximum Gasteiger partial charge on any atom is 0.219 e. The van der Waals surface area contributed by atoms with Gasteiger partial charge in [0.1, 0.15) is 23.0 Å². The third-order valence-electron chi connectivity index (χ3n) is 6.85. The van der Waals surface area contributed by atoms with Crippen LogP contribution in [-0.4, -0.2) is 57.6 Å². The van der Waals surface area contributed by atoms with Gasteiger partial charge in [-0.3, -0.25) is 15.0 Å². The molecule has 0 saturated carbocycles. The normalized spacial score (nSPS) is 12.7. The Morgan fingerprint density at radius 1 is 1.24 bits per heavy atom. The number of phenols is 1. The molecule has 1 amide bonds. The third kappa shape index (κ3) is 6.29. The summed E-state index contributed by atoms with van der Waals surface area (Å²) in [5.41, 5.74) is 4.57. The minimum absolute atomic E-state index is 0. The Kier molecular flexibility index (Phi) is 9.94. The number of ether oxygens (including phenoxy) is 1. The van der Waals surface area contributed by atoms with E-state index in [0.29, 0.717) is 35.5 Å². The minimum Gasteiger partial charge on any atom is -0.507 e. The fourth-order valence-corrected chi connectivity index (χ4v) is 4.65. The van der Waals surface area contributed by atoms with E-state index >= 15 is 0 Å². The fraction of sp³-hybridized carbons (Fsp3) is 0.517. The molecule has 1 aliphatic heterocycles. The van der Waals surface area contributed by atoms with E-state index in [2.05, 4.69) is 6.92 Å². The predicted octanol–water partition coefficient (Wildman–Crippen LogP) is 5.17. The number of carbonyl (C=O) groups excluding carboxylic acids is 2. The van der Waals surface area contributed by atoms with Crippen LogP contribution in [-0.2, 0) is 29.7 Å². The molecule has 8 nitrogen and oxygen atoms in total. The summed E-state index contributed by atoms with van der Waals surface area (Å²) in [6.07, 6.45) is 1.68. The van der Waals surface area contributed by atoms with E-state index in [0.717, 1.165) is 35.4 Å². The largest absolute Gasteiger partial charge is 0.507 e. The average molecular weight is 545 g/mol. The lowest BCUT2D eigenvalue weighted by Gasteiger charge is -2.25. The maximum atomic E-state index is 13.5. The first kappa shape index (κ1) is 31.1. The number of aryl methyl sites for hydroxylation is 1. The summed E-state index contributed by atoms with van der Waals surface area (Å²) >= 11 is 0. The van der Waals surface area contributed by atoms with Gasteiger partial charge >= 0.3 is 0 Å². The number of fused-ring (bicyclic) bond motifs is 1. The van der Waals surface area contributed by atoms with Crippen molar-refractivity contribution in [2.75, 3.05) is 20.2 Å². The summed E-state index contributed by atoms with van der Waals surface area (Å²) in [6, 6.07) is 3.40. The molecule has 0 radical (unpaired) electrons. The van der Waals surface area contributed by atoms with Gasteiger partial charge in [0.25, 0.3) is 0 Å². The number of hydrogen-bond donors (Lipinski definition) is 2. The van der Waals surface area contributed by atoms with E-state index in [1.165, 1.54) is 11.8 Å². The molecule has 0 saturated heterocycles. The molecule has 9 heteroatoms. The molecule has 1 aliphatic rings. The number of hydrogen-bond acceptors (Lipinski definition) is 6. The maximum absolute atomic E-state index is 13.5. The second-order valence-electron chi connectivity index (χ2n) is 10.8. The number of amidine groups is 1. The van der Waals surface area contributed by atoms with E-state index in [4.69, 9.17) is 15.1 Å². The van der Waals surface area contributed by atoms with Crippen molar-refractivity contribution in [1.82, 2.24) is 14.8 Å². The standard InChI is InChI=1S/C29H40N4O4.ClH/c1-9-11-23-27(37-10-2)17(3)21-15-33(28(30)25(21)31-23)16-24(35)19-12-20(14-32(8)18(4)34)26(36)22(13-19)29(5,6)7;/h12-13,30,36H,9-11,14-16H2,1-8H3;1H. The number of phenolic OH excluding ortho intramolecular Hbond substituents is 1. The van der Waals surface area contributed by atoms with Crippen molar-refractivity contribution in [2.24, 2.45) is 0 Å². The van der Waals surface area contributed by atoms with Crippen molar-refractivity contribution in [3.8, 4) is 11.5 Å². The molecular weight excluding hydrogens is 504 g/mol. The Balaban J connectivity index is 0.00000507. The van der Waals surface area contributed by atoms with Crippen molar-refractivity contribution in [3.05, 3.63) is 51.3 Å². The first-order chi connectivity index (χ1) is 17.3. The second kappa shape index (κ2) is 12.2. The van der Waals surface area contributed by atoms with Gasteiger partial charge in [0.15, 0.2) is 5.78 Å². The van der Waals surface area contributed by atoms with Gasteiger partial charge in [-0.25, -0.2) is 4.98 Å². The Bertz CT molecular complexity index is 1240. The van der Waals surface area contributed by atoms with Crippen molar-refractivity contribution in [2.45, 2.75) is 79.8 Å². The number of amides is 1. The van der Waals surface area contributed by atoms with Crippen molar-refractivity contribution in [1.29, 1.82) is 5.41 Å². The van der Waals surface area contributed by atoms with Crippen LogP contribution in [0, 0.1) is 12.3 Å². The molecule has 2 heterocycles. The lowest BCUT2D eigenvalue weighted by Crippen LogP contribution is -2.31. The van der Waals surface area contributed by atoms with Gasteiger partial charge in [-0.2, -0.15) is 0 Å². The smallest absolute Gasteiger partial charge is 0.219 e. The van der Waals surface area contributed by atoms with Crippen molar-refractivity contribution in [3.63, 3.8) is 0 Å². The first-order valence-electron chi connectivity index (χ1n) is 12.9. The number of rotatable bonds is 9. The number of aromatic hydroxyl groups is 1. The highest BCUT2D eigenvalue weighted by Gasteiger charge is 2.32. The van der Waals surface area contributed by atoms with Gasteiger partial charge in [-0.05, 0) is 37.8 Å². The number of benzene rings is 1. The monoisotopic (exact) mass is 544 g/mol. The lowest BCUT2D eigenvalue weighted by atomic mass is 9.83. The molecule has 1 aromatic carbocycles. The lowest BCUT2D eigenvalue weighted by molar-refractivity contribution is -0.128. The number of ketones is 1. The number of nitrogens with zero attached hydrogens (tertiary/aromatic N) is 3. The summed E-state index contributed by atoms with van der Waals surface area (Å²) in [6.45, 7) is 14.6. The van der Waals surface area contributed by atoms with Gasteiger partial charge in [0.05, 0.1) is 18.8 Å². The van der Waals surface area contributed by atoms with Crippen LogP contribution >= 0.6 is 12.4 Å². The molecule has 0 bridgehead atoms. The molecule has 0 aliphatic carbocycles. The van der Waals surface area contributed by atoms with Crippen LogP contribution in [0.5, 0.6) is 11.5 Å². The Hall–Kier alpha value is -3.13. The zero-order valence-electron chi connectivity index (χ0n) is 23.8. The van der Waals surface area contributed by atoms with Crippen LogP contribution in [0.2, 0.25) is 0 Å². The Morgan fingerprint density at radius 2 is 1.89 bits per heavy atom. The SMILES string of the molecule is CCCc1nc2c(c(C)c1OCC)CN(CC(=O)c1cc(CN(C)C(C)=O)c(O)c(C(C)(C)C)c1)C2=N.Cl. The fourth-order valence-electron chi connectivity index (χ4n) is 4.65. The zero-order chi connectivity index (χ0) is 27.7. The highest BCUT2D eigenvalue weighted by molar-refractivity contribution is 6.05. The predicted molar refractivity (Wildman–Crippen MR) is 152 cm³/mol. The molecule has 0 unspecified atom stereocenters. The number of halogens is 1. The van der Waals surface area contributed by atoms with E-state index < -0.39 is 5.41 Å². The summed E-state index contributed by atoms with van der Waals surface area (Å²) < 4.78 is 5.91. The topological polar surface area (TPSA) is 107 Å². The number of Topliss-reactive ketones (excluding diaryl/α,β-unsaturated/α-hetero) is 1. The van der Waals surface area contributed by atoms with Gasteiger partial charge in [0, 0.05) is 54.9 Å². The number of pyridine rings is 1. The Labute approximate surface area is 232 Å². The highest BCUT2D eigenvalue weighted by Crippen LogP contribution is 2.36. The molecule has 2 aromatic rings. The Morgan fingerprint density at radius 3 is 2.45 bits per heavy atom. The van der Waals surface area contributed by atoms with Gasteiger partial charge in [-0.15, -0.1) is 12.4 Å². The van der Waals surface area contributed by atoms with Crippen LogP contribution in [0.15, 0.2) is 12.1 Å². The molecular formula is C29H41ClN4O4. The van der Waals surface area contributed by atoms with Gasteiger partial charge in [-0.1, -0.05) is 34.1 Å². The van der Waals surface area contributed by atoms with Crippen LogP contribution in [0.3, 0.4) is 0 Å². The summed E-state index contributed by atoms with van der Waals surface area (Å²) in [4.78, 5) is 33.4. The third-order valence-corrected chi connectivity index (χ3v) is 6.85. The number of nitrogens with one attached hydrogen (secondary N) is 1. The molecule has 0 fully saturated rings. The summed E-state index contributed by atoms with van der Waals surface area (Å²) in [7, 11) is 1.66. The summed E-state index contributed by atoms with van der Waals surface area (Å²) in [5.74, 6) is 0.833. The van der Waals surface area contributed by atoms with Gasteiger partial charge in [0.2, 0.25) is 5.91 Å². The molecule has 2 N–H and O–H groups in total. The zero-order valence-corrected chi connectivity index (χ0v) is 24.6. The van der Waals surface area contributed by atoms with E-state index in [-0.39, 0.29) is 48.8 Å². The van der Waals surface area contributed by atoms with E-state index in [9.17, 15) is 14.7 Å². The second-order valence-corrected chi connectivity index (χ2v) is 10.8. The van der Waals surface area contributed by atoms with Crippen LogP contribution in [0.1, 0.15) is 92.0 Å².